The molecule has 35 heavy (non-hydrogen) atoms. The summed E-state index contributed by atoms with van der Waals surface area (Å²) in [6.45, 7) is 10.1. The van der Waals surface area contributed by atoms with Gasteiger partial charge >= 0.3 is 5.97 Å². The van der Waals surface area contributed by atoms with Crippen molar-refractivity contribution >= 4 is 29.0 Å². The number of hydroxylamine groups is 2. The van der Waals surface area contributed by atoms with Crippen LogP contribution in [0.4, 0.5) is 5.69 Å². The zero-order valence-electron chi connectivity index (χ0n) is 20.8. The average Bonchev–Trinajstić information content (AvgIpc) is 3.23. The first kappa shape index (κ1) is 25.9. The average molecular weight is 476 g/mol. The Kier molecular flexibility index (Phi) is 8.61. The summed E-state index contributed by atoms with van der Waals surface area (Å²) in [5.74, 6) is 0.226. The maximum Gasteiger partial charge on any atom is 0.330 e. The first-order valence-electron chi connectivity index (χ1n) is 11.9. The van der Waals surface area contributed by atoms with Gasteiger partial charge in [-0.3, -0.25) is 9.78 Å². The number of pyridine rings is 1. The van der Waals surface area contributed by atoms with Crippen molar-refractivity contribution in [3.05, 3.63) is 60.0 Å². The molecule has 1 aliphatic rings. The van der Waals surface area contributed by atoms with Crippen molar-refractivity contribution in [1.29, 1.82) is 5.26 Å². The standard InChI is InChI=1S/C21H29N3O3.C6H4N2/c1-5-23-13-18(17-12-16(22-14-25)6-7-19(17)23)15-8-10-24(11-9-15)27-20(26)21(2,3)4;7-5-6-1-3-8-4-2-6/h6-7,12-15H,5,8-11H2,1-4H3,(H,22,25);1-4H. The molecule has 1 aliphatic heterocycles. The smallest absolute Gasteiger partial charge is 0.330 e. The molecule has 1 fully saturated rings. The molecule has 8 nitrogen and oxygen atoms in total. The molecular formula is C27H33N5O3. The Balaban J connectivity index is 0.000000363. The minimum absolute atomic E-state index is 0.187. The van der Waals surface area contributed by atoms with E-state index in [0.717, 1.165) is 38.2 Å². The Morgan fingerprint density at radius 1 is 1.23 bits per heavy atom. The molecule has 0 radical (unpaired) electrons. The lowest BCUT2D eigenvalue weighted by Gasteiger charge is -2.32. The van der Waals surface area contributed by atoms with Gasteiger partial charge < -0.3 is 14.7 Å². The van der Waals surface area contributed by atoms with Gasteiger partial charge in [0.15, 0.2) is 0 Å². The summed E-state index contributed by atoms with van der Waals surface area (Å²) in [5.41, 5.74) is 3.46. The summed E-state index contributed by atoms with van der Waals surface area (Å²) in [6, 6.07) is 11.4. The maximum absolute atomic E-state index is 12.1. The molecule has 184 valence electrons. The van der Waals surface area contributed by atoms with E-state index < -0.39 is 5.41 Å². The van der Waals surface area contributed by atoms with Crippen LogP contribution in [0, 0.1) is 16.7 Å². The number of benzene rings is 1. The lowest BCUT2D eigenvalue weighted by atomic mass is 9.90. The summed E-state index contributed by atoms with van der Waals surface area (Å²) in [4.78, 5) is 32.2. The Bertz CT molecular complexity index is 1180. The van der Waals surface area contributed by atoms with Crippen LogP contribution in [0.5, 0.6) is 0 Å². The fourth-order valence-corrected chi connectivity index (χ4v) is 4.01. The molecule has 0 unspecified atom stereocenters. The molecule has 3 aromatic rings. The SMILES string of the molecule is CCn1cc(C2CCN(OC(=O)C(C)(C)C)CC2)c2cc(NC=O)ccc21.N#Cc1ccncc1. The highest BCUT2D eigenvalue weighted by Gasteiger charge is 2.29. The molecule has 0 saturated carbocycles. The maximum atomic E-state index is 12.1. The van der Waals surface area contributed by atoms with E-state index >= 15 is 0 Å². The normalized spacial score (nSPS) is 14.5. The second kappa shape index (κ2) is 11.6. The number of aromatic nitrogens is 2. The largest absolute Gasteiger partial charge is 0.367 e. The first-order chi connectivity index (χ1) is 16.8. The topological polar surface area (TPSA) is 100 Å². The zero-order chi connectivity index (χ0) is 25.4. The van der Waals surface area contributed by atoms with Gasteiger partial charge in [0, 0.05) is 54.8 Å². The second-order valence-electron chi connectivity index (χ2n) is 9.54. The van der Waals surface area contributed by atoms with E-state index in [1.807, 2.05) is 32.9 Å². The molecule has 1 amide bonds. The number of nitrogens with zero attached hydrogens (tertiary/aromatic N) is 4. The van der Waals surface area contributed by atoms with Crippen molar-refractivity contribution in [2.24, 2.45) is 5.41 Å². The van der Waals surface area contributed by atoms with Crippen LogP contribution in [0.3, 0.4) is 0 Å². The van der Waals surface area contributed by atoms with Crippen LogP contribution >= 0.6 is 0 Å². The number of fused-ring (bicyclic) bond motifs is 1. The van der Waals surface area contributed by atoms with Crippen LogP contribution in [-0.4, -0.2) is 40.1 Å². The van der Waals surface area contributed by atoms with Crippen LogP contribution in [0.1, 0.15) is 57.6 Å². The molecule has 1 saturated heterocycles. The molecule has 4 rings (SSSR count). The third kappa shape index (κ3) is 6.67. The number of piperidine rings is 1. The van der Waals surface area contributed by atoms with E-state index in [-0.39, 0.29) is 5.97 Å². The highest BCUT2D eigenvalue weighted by molar-refractivity contribution is 5.89. The second-order valence-corrected chi connectivity index (χ2v) is 9.54. The summed E-state index contributed by atoms with van der Waals surface area (Å²) >= 11 is 0. The van der Waals surface area contributed by atoms with E-state index in [1.54, 1.807) is 29.6 Å². The van der Waals surface area contributed by atoms with Gasteiger partial charge in [-0.2, -0.15) is 5.26 Å². The molecule has 8 heteroatoms. The molecule has 1 aromatic carbocycles. The van der Waals surface area contributed by atoms with Crippen LogP contribution in [0.25, 0.3) is 10.9 Å². The minimum atomic E-state index is -0.493. The summed E-state index contributed by atoms with van der Waals surface area (Å²) < 4.78 is 2.25. The molecule has 2 aromatic heterocycles. The molecule has 1 N–H and O–H groups in total. The number of rotatable bonds is 5. The molecule has 0 bridgehead atoms. The minimum Gasteiger partial charge on any atom is -0.367 e. The fraction of sp³-hybridized carbons (Fsp3) is 0.407. The van der Waals surface area contributed by atoms with Crippen molar-refractivity contribution in [3.8, 4) is 6.07 Å². The van der Waals surface area contributed by atoms with Crippen molar-refractivity contribution in [3.63, 3.8) is 0 Å². The number of nitriles is 1. The summed E-state index contributed by atoms with van der Waals surface area (Å²) in [7, 11) is 0. The van der Waals surface area contributed by atoms with E-state index in [9.17, 15) is 9.59 Å². The van der Waals surface area contributed by atoms with Crippen molar-refractivity contribution < 1.29 is 14.4 Å². The predicted octanol–water partition coefficient (Wildman–Crippen LogP) is 4.87. The number of carbonyl (C=O) groups is 2. The van der Waals surface area contributed by atoms with Gasteiger partial charge in [-0.25, -0.2) is 4.79 Å². The molecule has 0 spiro atoms. The quantitative estimate of drug-likeness (QED) is 0.529. The highest BCUT2D eigenvalue weighted by Crippen LogP contribution is 2.36. The molecule has 0 atom stereocenters. The lowest BCUT2D eigenvalue weighted by molar-refractivity contribution is -0.204. The Morgan fingerprint density at radius 2 is 1.91 bits per heavy atom. The molecular weight excluding hydrogens is 442 g/mol. The number of amides is 1. The van der Waals surface area contributed by atoms with Gasteiger partial charge in [0.05, 0.1) is 17.0 Å². The summed E-state index contributed by atoms with van der Waals surface area (Å²) in [6.07, 6.45) is 8.00. The third-order valence-electron chi connectivity index (χ3n) is 6.01. The van der Waals surface area contributed by atoms with Crippen LogP contribution in [-0.2, 0) is 21.0 Å². The van der Waals surface area contributed by atoms with E-state index in [4.69, 9.17) is 10.1 Å². The van der Waals surface area contributed by atoms with Crippen LogP contribution in [0.2, 0.25) is 0 Å². The third-order valence-corrected chi connectivity index (χ3v) is 6.01. The van der Waals surface area contributed by atoms with Gasteiger partial charge in [0.25, 0.3) is 0 Å². The van der Waals surface area contributed by atoms with Crippen molar-refractivity contribution in [1.82, 2.24) is 14.6 Å². The highest BCUT2D eigenvalue weighted by atomic mass is 16.7. The number of hydrogen-bond acceptors (Lipinski definition) is 6. The monoisotopic (exact) mass is 475 g/mol. The lowest BCUT2D eigenvalue weighted by Crippen LogP contribution is -2.38. The van der Waals surface area contributed by atoms with E-state index in [0.29, 0.717) is 17.9 Å². The van der Waals surface area contributed by atoms with Crippen LogP contribution < -0.4 is 5.32 Å². The fourth-order valence-electron chi connectivity index (χ4n) is 4.01. The first-order valence-corrected chi connectivity index (χ1v) is 11.9. The Labute approximate surface area is 206 Å². The van der Waals surface area contributed by atoms with Gasteiger partial charge in [0.1, 0.15) is 0 Å². The predicted molar refractivity (Wildman–Crippen MR) is 135 cm³/mol. The number of anilines is 1. The van der Waals surface area contributed by atoms with Crippen LogP contribution in [0.15, 0.2) is 48.9 Å². The van der Waals surface area contributed by atoms with E-state index in [1.165, 1.54) is 16.5 Å². The Hall–Kier alpha value is -3.70. The van der Waals surface area contributed by atoms with Crippen molar-refractivity contribution in [2.75, 3.05) is 18.4 Å². The number of nitrogens with one attached hydrogen (secondary N) is 1. The summed E-state index contributed by atoms with van der Waals surface area (Å²) in [5, 5.41) is 14.0. The zero-order valence-corrected chi connectivity index (χ0v) is 20.8. The Morgan fingerprint density at radius 3 is 2.46 bits per heavy atom. The van der Waals surface area contributed by atoms with Gasteiger partial charge in [0.2, 0.25) is 6.41 Å². The number of aryl methyl sites for hydroxylation is 1. The number of carbonyl (C=O) groups excluding carboxylic acids is 2. The van der Waals surface area contributed by atoms with Gasteiger partial charge in [-0.05, 0) is 82.3 Å². The van der Waals surface area contributed by atoms with Gasteiger partial charge in [-0.1, -0.05) is 0 Å². The van der Waals surface area contributed by atoms with Gasteiger partial charge in [-0.15, -0.1) is 5.06 Å². The molecule has 3 heterocycles. The van der Waals surface area contributed by atoms with E-state index in [2.05, 4.69) is 40.1 Å². The number of hydrogen-bond donors (Lipinski definition) is 1. The molecule has 0 aliphatic carbocycles. The van der Waals surface area contributed by atoms with Crippen molar-refractivity contribution in [2.45, 2.75) is 53.0 Å².